The van der Waals surface area contributed by atoms with Crippen LogP contribution in [0.4, 0.5) is 0 Å². The van der Waals surface area contributed by atoms with E-state index in [9.17, 15) is 14.7 Å². The van der Waals surface area contributed by atoms with E-state index in [0.717, 1.165) is 36.0 Å². The van der Waals surface area contributed by atoms with Crippen LogP contribution in [0.3, 0.4) is 0 Å². The SMILES string of the molecule is CC[C@H]1[C@@H](O)[C@@H]2[C@H](CC[C@]3(C)[C@@H]([C@H](C)/C=C/C(=O)OC)CC[C@@H]23)[C@@]2(C)CC[C@@H](C)C[C@@H]12.CC[C@H]1[C@@H](O[Si](C)(C)C)[C@@H]2[C@H](CC[C@]3(C)[C@@H]([C@H](C)/C=C/C(=O)OC)CC[C@@H]23)[C@@]2(C)CC[C@@H](C)C[C@@H]12. The highest BCUT2D eigenvalue weighted by Crippen LogP contribution is 2.72. The molecule has 376 valence electrons. The summed E-state index contributed by atoms with van der Waals surface area (Å²) in [5, 5.41) is 11.8. The number of ether oxygens (including phenoxy) is 2. The Balaban J connectivity index is 0.000000198. The summed E-state index contributed by atoms with van der Waals surface area (Å²) in [5.74, 6) is 9.87. The van der Waals surface area contributed by atoms with Gasteiger partial charge in [0.15, 0.2) is 8.32 Å². The molecular formula is C59H100O6Si. The van der Waals surface area contributed by atoms with Crippen molar-refractivity contribution in [1.82, 2.24) is 0 Å². The maximum atomic E-state index is 11.8. The molecule has 22 atom stereocenters. The summed E-state index contributed by atoms with van der Waals surface area (Å²) >= 11 is 0. The van der Waals surface area contributed by atoms with Gasteiger partial charge < -0.3 is 19.0 Å². The molecule has 8 aliphatic carbocycles. The van der Waals surface area contributed by atoms with E-state index in [1.807, 2.05) is 0 Å². The van der Waals surface area contributed by atoms with Crippen LogP contribution >= 0.6 is 0 Å². The first-order valence-corrected chi connectivity index (χ1v) is 31.3. The van der Waals surface area contributed by atoms with Gasteiger partial charge in [0.2, 0.25) is 0 Å². The van der Waals surface area contributed by atoms with Gasteiger partial charge in [0, 0.05) is 12.2 Å². The summed E-state index contributed by atoms with van der Waals surface area (Å²) in [6.07, 6.45) is 28.7. The van der Waals surface area contributed by atoms with E-state index in [2.05, 4.69) is 101 Å². The Kier molecular flexibility index (Phi) is 15.9. The second-order valence-corrected chi connectivity index (χ2v) is 31.3. The van der Waals surface area contributed by atoms with Crippen LogP contribution in [0.15, 0.2) is 24.3 Å². The predicted molar refractivity (Wildman–Crippen MR) is 273 cm³/mol. The van der Waals surface area contributed by atoms with Gasteiger partial charge >= 0.3 is 11.9 Å². The third-order valence-electron chi connectivity index (χ3n) is 22.7. The first kappa shape index (κ1) is 52.4. The second-order valence-electron chi connectivity index (χ2n) is 26.8. The largest absolute Gasteiger partial charge is 0.466 e. The average molecular weight is 934 g/mol. The lowest BCUT2D eigenvalue weighted by atomic mass is 9.41. The molecule has 7 heteroatoms. The van der Waals surface area contributed by atoms with E-state index in [-0.39, 0.29) is 23.5 Å². The Hall–Kier alpha value is -1.44. The molecular weight excluding hydrogens is 833 g/mol. The van der Waals surface area contributed by atoms with E-state index < -0.39 is 8.32 Å². The minimum absolute atomic E-state index is 0.136. The predicted octanol–water partition coefficient (Wildman–Crippen LogP) is 14.4. The van der Waals surface area contributed by atoms with Gasteiger partial charge in [-0.1, -0.05) is 107 Å². The van der Waals surface area contributed by atoms with Crippen molar-refractivity contribution in [3.05, 3.63) is 24.3 Å². The fourth-order valence-electron chi connectivity index (χ4n) is 19.6. The summed E-state index contributed by atoms with van der Waals surface area (Å²) in [5.41, 5.74) is 1.50. The van der Waals surface area contributed by atoms with E-state index in [0.29, 0.717) is 87.4 Å². The van der Waals surface area contributed by atoms with Crippen molar-refractivity contribution in [1.29, 1.82) is 0 Å². The molecule has 0 radical (unpaired) electrons. The third-order valence-corrected chi connectivity index (χ3v) is 23.7. The fraction of sp³-hybridized carbons (Fsp3) is 0.898. The monoisotopic (exact) mass is 933 g/mol. The zero-order valence-electron chi connectivity index (χ0n) is 45.0. The quantitative estimate of drug-likeness (QED) is 0.134. The number of carbonyl (C=O) groups is 2. The van der Waals surface area contributed by atoms with Gasteiger partial charge in [0.1, 0.15) is 0 Å². The van der Waals surface area contributed by atoms with Crippen LogP contribution in [-0.4, -0.2) is 51.8 Å². The number of rotatable bonds is 10. The Morgan fingerprint density at radius 2 is 0.985 bits per heavy atom. The molecule has 0 spiro atoms. The molecule has 0 aromatic heterocycles. The number of hydrogen-bond acceptors (Lipinski definition) is 6. The zero-order valence-corrected chi connectivity index (χ0v) is 46.0. The summed E-state index contributed by atoms with van der Waals surface area (Å²) in [6, 6.07) is 0. The van der Waals surface area contributed by atoms with E-state index >= 15 is 0 Å². The van der Waals surface area contributed by atoms with E-state index in [1.54, 1.807) is 12.2 Å². The topological polar surface area (TPSA) is 82.1 Å². The molecule has 0 aromatic rings. The molecule has 6 nitrogen and oxygen atoms in total. The van der Waals surface area contributed by atoms with Gasteiger partial charge in [-0.15, -0.1) is 0 Å². The van der Waals surface area contributed by atoms with Crippen LogP contribution in [0.5, 0.6) is 0 Å². The number of allylic oxidation sites excluding steroid dienone is 2. The van der Waals surface area contributed by atoms with Crippen LogP contribution in [0.1, 0.15) is 172 Å². The first-order valence-electron chi connectivity index (χ1n) is 27.9. The standard InChI is InChI=1S/C31H54O3Si.C28H46O3/c1-10-22-26-19-20(2)15-17-31(26,5)25-16-18-30(4)23(21(3)11-14-27(32)33-6)12-13-24(30)28(25)29(22)34-35(7,8)9;1-7-19-23-16-17(2)12-14-28(23,5)22-13-15-27(4)20(18(3)8-11-24(29)31-6)9-10-21(27)25(22)26(19)30/h11,14,20-26,28-29H,10,12-13,15-19H2,1-9H3;8,11,17-23,25-26,30H,7,9-10,12-16H2,1-6H3/b14-11+;11-8+/t20-,21-,22-,23-,24+,25+,26+,28+,29-,30-,31-;17-,18-,19-,20-,21+,22+,23+,25+,26-,27-,28-/m11/s1. The number of hydrogen-bond donors (Lipinski definition) is 1. The molecule has 66 heavy (non-hydrogen) atoms. The van der Waals surface area contributed by atoms with Crippen molar-refractivity contribution >= 4 is 20.3 Å². The van der Waals surface area contributed by atoms with Crippen molar-refractivity contribution in [2.24, 2.45) is 116 Å². The maximum absolute atomic E-state index is 11.8. The molecule has 0 aromatic carbocycles. The zero-order chi connectivity index (χ0) is 48.3. The van der Waals surface area contributed by atoms with E-state index in [1.165, 1.54) is 111 Å². The van der Waals surface area contributed by atoms with Crippen molar-refractivity contribution in [2.75, 3.05) is 14.2 Å². The van der Waals surface area contributed by atoms with Gasteiger partial charge in [-0.05, 0) is 213 Å². The molecule has 1 N–H and O–H groups in total. The smallest absolute Gasteiger partial charge is 0.330 e. The minimum atomic E-state index is -1.68. The van der Waals surface area contributed by atoms with Gasteiger partial charge in [-0.25, -0.2) is 9.59 Å². The molecule has 0 unspecified atom stereocenters. The van der Waals surface area contributed by atoms with E-state index in [4.69, 9.17) is 13.9 Å². The number of aliphatic hydroxyl groups excluding tert-OH is 1. The molecule has 8 aliphatic rings. The van der Waals surface area contributed by atoms with Crippen molar-refractivity contribution in [3.63, 3.8) is 0 Å². The average Bonchev–Trinajstić information content (AvgIpc) is 3.82. The Labute approximate surface area is 405 Å². The number of fused-ring (bicyclic) bond motifs is 10. The fourth-order valence-corrected chi connectivity index (χ4v) is 20.7. The number of esters is 2. The second kappa shape index (κ2) is 20.0. The van der Waals surface area contributed by atoms with Crippen LogP contribution in [0, 0.1) is 116 Å². The minimum Gasteiger partial charge on any atom is -0.466 e. The molecule has 0 heterocycles. The molecule has 0 saturated heterocycles. The highest BCUT2D eigenvalue weighted by molar-refractivity contribution is 6.69. The first-order chi connectivity index (χ1) is 31.0. The highest BCUT2D eigenvalue weighted by atomic mass is 28.4. The summed E-state index contributed by atoms with van der Waals surface area (Å²) in [6.45, 7) is 31.9. The van der Waals surface area contributed by atoms with Crippen LogP contribution < -0.4 is 0 Å². The lowest BCUT2D eigenvalue weighted by Crippen LogP contribution is -2.63. The summed E-state index contributed by atoms with van der Waals surface area (Å²) in [4.78, 5) is 23.4. The van der Waals surface area contributed by atoms with Crippen LogP contribution in [0.2, 0.25) is 19.6 Å². The van der Waals surface area contributed by atoms with Gasteiger partial charge in [-0.3, -0.25) is 0 Å². The molecule has 8 saturated carbocycles. The van der Waals surface area contributed by atoms with Crippen LogP contribution in [-0.2, 0) is 23.5 Å². The highest BCUT2D eigenvalue weighted by Gasteiger charge is 2.67. The third kappa shape index (κ3) is 9.31. The van der Waals surface area contributed by atoms with Crippen molar-refractivity contribution in [2.45, 2.75) is 204 Å². The Bertz CT molecular complexity index is 1750. The van der Waals surface area contributed by atoms with Gasteiger partial charge in [0.05, 0.1) is 26.4 Å². The summed E-state index contributed by atoms with van der Waals surface area (Å²) < 4.78 is 17.0. The molecule has 0 bridgehead atoms. The molecule has 0 aliphatic heterocycles. The van der Waals surface area contributed by atoms with Gasteiger partial charge in [0.25, 0.3) is 0 Å². The Morgan fingerprint density at radius 1 is 0.591 bits per heavy atom. The maximum Gasteiger partial charge on any atom is 0.330 e. The molecule has 0 amide bonds. The summed E-state index contributed by atoms with van der Waals surface area (Å²) in [7, 11) is 1.24. The lowest BCUT2D eigenvalue weighted by molar-refractivity contribution is -0.198. The van der Waals surface area contributed by atoms with Crippen LogP contribution in [0.25, 0.3) is 0 Å². The number of methoxy groups -OCH3 is 2. The van der Waals surface area contributed by atoms with Crippen molar-refractivity contribution in [3.8, 4) is 0 Å². The lowest BCUT2D eigenvalue weighted by Gasteiger charge is -2.66. The molecule has 8 fully saturated rings. The number of aliphatic hydroxyl groups is 1. The van der Waals surface area contributed by atoms with Gasteiger partial charge in [-0.2, -0.15) is 0 Å². The Morgan fingerprint density at radius 3 is 1.41 bits per heavy atom. The molecule has 8 rings (SSSR count). The number of carbonyl (C=O) groups excluding carboxylic acids is 2. The normalized spacial score (nSPS) is 48.4. The van der Waals surface area contributed by atoms with Crippen molar-refractivity contribution < 1.29 is 28.6 Å².